The van der Waals surface area contributed by atoms with Gasteiger partial charge in [-0.15, -0.1) is 0 Å². The minimum absolute atomic E-state index is 0.00549. The number of hydrogen-bond donors (Lipinski definition) is 3. The monoisotopic (exact) mass is 364 g/mol. The summed E-state index contributed by atoms with van der Waals surface area (Å²) in [5, 5.41) is 11.2. The Morgan fingerprint density at radius 2 is 2.04 bits per heavy atom. The summed E-state index contributed by atoms with van der Waals surface area (Å²) in [5.74, 6) is 0. The Morgan fingerprint density at radius 3 is 2.60 bits per heavy atom. The quantitative estimate of drug-likeness (QED) is 0.711. The molecule has 0 bridgehead atoms. The second-order valence-corrected chi connectivity index (χ2v) is 8.45. The van der Waals surface area contributed by atoms with Gasteiger partial charge in [-0.3, -0.25) is 4.90 Å². The highest BCUT2D eigenvalue weighted by Crippen LogP contribution is 2.27. The molecule has 138 valence electrons. The molecule has 0 unspecified atom stereocenters. The summed E-state index contributed by atoms with van der Waals surface area (Å²) in [6.07, 6.45) is 4.95. The number of aromatic nitrogens is 1. The van der Waals surface area contributed by atoms with Crippen LogP contribution < -0.4 is 11.5 Å². The van der Waals surface area contributed by atoms with Crippen molar-refractivity contribution in [2.24, 2.45) is 5.73 Å². The van der Waals surface area contributed by atoms with Gasteiger partial charge >= 0.3 is 6.09 Å². The molecule has 1 aliphatic carbocycles. The summed E-state index contributed by atoms with van der Waals surface area (Å²) in [5.41, 5.74) is 11.2. The van der Waals surface area contributed by atoms with Gasteiger partial charge in [-0.25, -0.2) is 9.78 Å². The molecule has 2 heterocycles. The molecule has 2 aromatic rings. The van der Waals surface area contributed by atoms with Crippen LogP contribution in [0.25, 0.3) is 10.2 Å². The van der Waals surface area contributed by atoms with Gasteiger partial charge < -0.3 is 16.6 Å². The molecule has 0 radical (unpaired) electrons. The lowest BCUT2D eigenvalue weighted by molar-refractivity contribution is 0.0491. The van der Waals surface area contributed by atoms with Crippen LogP contribution in [0, 0.1) is 0 Å². The van der Waals surface area contributed by atoms with Crippen molar-refractivity contribution in [3.63, 3.8) is 0 Å². The molecule has 0 spiro atoms. The molecule has 1 saturated carbocycles. The Balaban J connectivity index is 0.000000194. The Bertz CT molecular complexity index is 677. The van der Waals surface area contributed by atoms with E-state index >= 15 is 0 Å². The van der Waals surface area contributed by atoms with Gasteiger partial charge in [0.25, 0.3) is 0 Å². The van der Waals surface area contributed by atoms with Crippen molar-refractivity contribution in [3.05, 3.63) is 24.4 Å². The molecular weight excluding hydrogens is 336 g/mol. The number of nitrogens with zero attached hydrogens (tertiary/aromatic N) is 2. The Labute approximate surface area is 152 Å². The lowest BCUT2D eigenvalue weighted by Gasteiger charge is -2.44. The Kier molecular flexibility index (Phi) is 6.24. The van der Waals surface area contributed by atoms with Crippen LogP contribution >= 0.6 is 11.3 Å². The number of carbonyl (C=O) groups is 1. The van der Waals surface area contributed by atoms with Crippen molar-refractivity contribution in [2.75, 3.05) is 5.73 Å². The molecule has 1 amide bonds. The van der Waals surface area contributed by atoms with Crippen LogP contribution in [0.2, 0.25) is 0 Å². The second-order valence-electron chi connectivity index (χ2n) is 7.39. The summed E-state index contributed by atoms with van der Waals surface area (Å²) in [7, 11) is 0. The smallest absolute Gasteiger partial charge is 0.408 e. The van der Waals surface area contributed by atoms with Gasteiger partial charge in [-0.05, 0) is 45.7 Å². The molecular formula is C18H28N4O2S. The molecule has 0 aliphatic heterocycles. The summed E-state index contributed by atoms with van der Waals surface area (Å²) in [6.45, 7) is 5.76. The predicted octanol–water partition coefficient (Wildman–Crippen LogP) is 3.91. The van der Waals surface area contributed by atoms with E-state index in [2.05, 4.69) is 4.98 Å². The van der Waals surface area contributed by atoms with Crippen LogP contribution in [0.15, 0.2) is 24.4 Å². The number of thiophene rings is 1. The average molecular weight is 365 g/mol. The fourth-order valence-electron chi connectivity index (χ4n) is 3.28. The molecule has 6 nitrogen and oxygen atoms in total. The van der Waals surface area contributed by atoms with Crippen LogP contribution in [0.4, 0.5) is 9.80 Å². The molecule has 0 aromatic carbocycles. The van der Waals surface area contributed by atoms with E-state index in [4.69, 9.17) is 11.5 Å². The number of anilines is 1. The van der Waals surface area contributed by atoms with E-state index in [0.29, 0.717) is 0 Å². The van der Waals surface area contributed by atoms with E-state index in [-0.39, 0.29) is 17.6 Å². The van der Waals surface area contributed by atoms with Crippen LogP contribution in [-0.2, 0) is 0 Å². The predicted molar refractivity (Wildman–Crippen MR) is 104 cm³/mol. The van der Waals surface area contributed by atoms with E-state index in [1.165, 1.54) is 16.2 Å². The third kappa shape index (κ3) is 5.06. The second kappa shape index (κ2) is 8.01. The zero-order valence-electron chi connectivity index (χ0n) is 15.1. The number of rotatable bonds is 1. The van der Waals surface area contributed by atoms with Crippen LogP contribution in [-0.4, -0.2) is 38.7 Å². The van der Waals surface area contributed by atoms with Crippen LogP contribution in [0.1, 0.15) is 46.5 Å². The normalized spacial score (nSPS) is 20.6. The van der Waals surface area contributed by atoms with Gasteiger partial charge in [0, 0.05) is 23.2 Å². The van der Waals surface area contributed by atoms with E-state index in [9.17, 15) is 9.90 Å². The highest BCUT2D eigenvalue weighted by Gasteiger charge is 2.37. The maximum atomic E-state index is 11.3. The fourth-order valence-corrected chi connectivity index (χ4v) is 4.05. The lowest BCUT2D eigenvalue weighted by Crippen LogP contribution is -2.58. The number of nitrogens with two attached hydrogens (primary N) is 2. The summed E-state index contributed by atoms with van der Waals surface area (Å²) in [4.78, 5) is 17.9. The number of carboxylic acid groups (broad SMARTS) is 1. The van der Waals surface area contributed by atoms with Crippen molar-refractivity contribution in [2.45, 2.75) is 64.1 Å². The van der Waals surface area contributed by atoms with Gasteiger partial charge in [-0.2, -0.15) is 0 Å². The van der Waals surface area contributed by atoms with Gasteiger partial charge in [0.05, 0.1) is 11.0 Å². The zero-order chi connectivity index (χ0) is 18.6. The topological polar surface area (TPSA) is 105 Å². The number of hydrogen-bond acceptors (Lipinski definition) is 5. The summed E-state index contributed by atoms with van der Waals surface area (Å²) in [6, 6.07) is 5.83. The molecule has 2 atom stereocenters. The highest BCUT2D eigenvalue weighted by molar-refractivity contribution is 7.22. The first-order chi connectivity index (χ1) is 11.7. The summed E-state index contributed by atoms with van der Waals surface area (Å²) >= 11 is 1.52. The third-order valence-corrected chi connectivity index (χ3v) is 5.24. The minimum Gasteiger partial charge on any atom is -0.465 e. The number of pyridine rings is 1. The van der Waals surface area contributed by atoms with Crippen molar-refractivity contribution < 1.29 is 9.90 Å². The van der Waals surface area contributed by atoms with Crippen molar-refractivity contribution in [3.8, 4) is 0 Å². The first kappa shape index (κ1) is 19.5. The van der Waals surface area contributed by atoms with Crippen LogP contribution in [0.3, 0.4) is 0 Å². The SMILES string of the molecule is CC(C)(C)N(C(=O)O)[C@H]1CCCC[C@H]1N.Nc1cc2cccnc2s1. The molecule has 1 fully saturated rings. The molecule has 7 heteroatoms. The number of fused-ring (bicyclic) bond motifs is 1. The van der Waals surface area contributed by atoms with E-state index in [1.54, 1.807) is 6.20 Å². The first-order valence-corrected chi connectivity index (χ1v) is 9.39. The molecule has 2 aromatic heterocycles. The average Bonchev–Trinajstić information content (AvgIpc) is 2.88. The Morgan fingerprint density at radius 1 is 1.36 bits per heavy atom. The number of nitrogen functional groups attached to an aromatic ring is 1. The van der Waals surface area contributed by atoms with Crippen molar-refractivity contribution in [1.29, 1.82) is 0 Å². The molecule has 5 N–H and O–H groups in total. The maximum absolute atomic E-state index is 11.3. The van der Waals surface area contributed by atoms with E-state index < -0.39 is 6.09 Å². The first-order valence-electron chi connectivity index (χ1n) is 8.58. The van der Waals surface area contributed by atoms with E-state index in [1.807, 2.05) is 39.0 Å². The molecule has 3 rings (SSSR count). The number of amides is 1. The zero-order valence-corrected chi connectivity index (χ0v) is 15.9. The lowest BCUT2D eigenvalue weighted by atomic mass is 9.87. The van der Waals surface area contributed by atoms with Crippen LogP contribution in [0.5, 0.6) is 0 Å². The highest BCUT2D eigenvalue weighted by atomic mass is 32.1. The fraction of sp³-hybridized carbons (Fsp3) is 0.556. The van der Waals surface area contributed by atoms with Crippen molar-refractivity contribution in [1.82, 2.24) is 9.88 Å². The Hall–Kier alpha value is -1.86. The van der Waals surface area contributed by atoms with Gasteiger partial charge in [0.15, 0.2) is 0 Å². The molecule has 25 heavy (non-hydrogen) atoms. The van der Waals surface area contributed by atoms with Gasteiger partial charge in [0.2, 0.25) is 0 Å². The largest absolute Gasteiger partial charge is 0.465 e. The summed E-state index contributed by atoms with van der Waals surface area (Å²) < 4.78 is 0. The van der Waals surface area contributed by atoms with E-state index in [0.717, 1.165) is 40.9 Å². The van der Waals surface area contributed by atoms with Gasteiger partial charge in [-0.1, -0.05) is 30.2 Å². The van der Waals surface area contributed by atoms with Gasteiger partial charge in [0.1, 0.15) is 4.83 Å². The maximum Gasteiger partial charge on any atom is 0.408 e. The molecule has 1 aliphatic rings. The third-order valence-electron chi connectivity index (χ3n) is 4.35. The minimum atomic E-state index is -0.857. The van der Waals surface area contributed by atoms with Crippen molar-refractivity contribution >= 4 is 32.6 Å². The standard InChI is InChI=1S/C11H22N2O2.C7H6N2S/c1-11(2,3)13(10(14)15)9-7-5-4-6-8(9)12;8-6-4-5-2-1-3-9-7(5)10-6/h8-9H,4-7,12H2,1-3H3,(H,14,15);1-4H,8H2/t8-,9+;/m1./s1. The molecule has 0 saturated heterocycles.